The number of hydrogen-bond donors (Lipinski definition) is 1. The van der Waals surface area contributed by atoms with Crippen molar-refractivity contribution in [1.82, 2.24) is 14.9 Å². The third-order valence-electron chi connectivity index (χ3n) is 4.86. The van der Waals surface area contributed by atoms with E-state index in [0.717, 1.165) is 6.54 Å². The number of nitrogens with one attached hydrogen (secondary N) is 1. The summed E-state index contributed by atoms with van der Waals surface area (Å²) in [6.45, 7) is 3.42. The van der Waals surface area contributed by atoms with E-state index in [1.807, 2.05) is 0 Å². The zero-order valence-electron chi connectivity index (χ0n) is 12.2. The summed E-state index contributed by atoms with van der Waals surface area (Å²) in [5.74, 6) is 1.31. The van der Waals surface area contributed by atoms with Gasteiger partial charge in [-0.3, -0.25) is 0 Å². The van der Waals surface area contributed by atoms with Gasteiger partial charge in [-0.05, 0) is 50.8 Å². The molecule has 2 fully saturated rings. The van der Waals surface area contributed by atoms with Crippen LogP contribution in [0.3, 0.4) is 0 Å². The number of imidazole rings is 1. The molecule has 1 saturated carbocycles. The number of nitrogens with zero attached hydrogens (tertiary/aromatic N) is 2. The normalized spacial score (nSPS) is 26.4. The van der Waals surface area contributed by atoms with Crippen LogP contribution in [-0.2, 0) is 5.54 Å². The fourth-order valence-corrected chi connectivity index (χ4v) is 3.83. The molecule has 1 aliphatic heterocycles. The molecule has 106 valence electrons. The van der Waals surface area contributed by atoms with E-state index in [-0.39, 0.29) is 5.54 Å². The monoisotopic (exact) mass is 269 g/mol. The van der Waals surface area contributed by atoms with E-state index < -0.39 is 0 Å². The summed E-state index contributed by atoms with van der Waals surface area (Å²) in [5.41, 5.74) is 2.61. The molecule has 4 rings (SSSR count). The molecule has 1 unspecified atom stereocenters. The van der Waals surface area contributed by atoms with Crippen molar-refractivity contribution < 1.29 is 0 Å². The van der Waals surface area contributed by atoms with Gasteiger partial charge in [0.15, 0.2) is 0 Å². The molecule has 1 aromatic heterocycles. The van der Waals surface area contributed by atoms with Gasteiger partial charge in [-0.2, -0.15) is 0 Å². The second kappa shape index (κ2) is 4.59. The van der Waals surface area contributed by atoms with Crippen LogP contribution in [0.5, 0.6) is 0 Å². The number of aromatic nitrogens is 2. The molecule has 0 amide bonds. The highest BCUT2D eigenvalue weighted by molar-refractivity contribution is 5.76. The van der Waals surface area contributed by atoms with E-state index in [1.165, 1.54) is 55.4 Å². The van der Waals surface area contributed by atoms with Gasteiger partial charge >= 0.3 is 0 Å². The Morgan fingerprint density at radius 3 is 2.90 bits per heavy atom. The Balaban J connectivity index is 1.91. The average molecular weight is 269 g/mol. The Morgan fingerprint density at radius 2 is 2.20 bits per heavy atom. The topological polar surface area (TPSA) is 29.9 Å². The molecule has 2 aliphatic rings. The average Bonchev–Trinajstić information content (AvgIpc) is 3.06. The van der Waals surface area contributed by atoms with Crippen LogP contribution in [0, 0.1) is 0 Å². The smallest absolute Gasteiger partial charge is 0.130 e. The van der Waals surface area contributed by atoms with Gasteiger partial charge in [0.05, 0.1) is 16.6 Å². The molecule has 1 aromatic carbocycles. The van der Waals surface area contributed by atoms with Crippen LogP contribution in [0.15, 0.2) is 24.3 Å². The minimum atomic E-state index is 0.121. The van der Waals surface area contributed by atoms with Crippen molar-refractivity contribution in [3.8, 4) is 0 Å². The van der Waals surface area contributed by atoms with Crippen LogP contribution in [0.2, 0.25) is 0 Å². The van der Waals surface area contributed by atoms with E-state index in [1.54, 1.807) is 0 Å². The van der Waals surface area contributed by atoms with E-state index in [2.05, 4.69) is 41.1 Å². The highest BCUT2D eigenvalue weighted by Crippen LogP contribution is 2.44. The van der Waals surface area contributed by atoms with E-state index in [4.69, 9.17) is 4.98 Å². The lowest BCUT2D eigenvalue weighted by Crippen LogP contribution is -2.39. The van der Waals surface area contributed by atoms with Gasteiger partial charge in [0, 0.05) is 6.04 Å². The van der Waals surface area contributed by atoms with Crippen LogP contribution in [0.1, 0.15) is 57.3 Å². The first-order chi connectivity index (χ1) is 9.84. The lowest BCUT2D eigenvalue weighted by atomic mass is 9.90. The van der Waals surface area contributed by atoms with Crippen molar-refractivity contribution in [2.24, 2.45) is 0 Å². The van der Waals surface area contributed by atoms with Crippen LogP contribution >= 0.6 is 0 Å². The maximum atomic E-state index is 5.05. The molecule has 2 heterocycles. The third kappa shape index (κ3) is 1.80. The predicted molar refractivity (Wildman–Crippen MR) is 81.8 cm³/mol. The molecule has 1 aliphatic carbocycles. The number of rotatable bonds is 4. The first-order valence-corrected chi connectivity index (χ1v) is 8.06. The summed E-state index contributed by atoms with van der Waals surface area (Å²) < 4.78 is 2.54. The van der Waals surface area contributed by atoms with Crippen molar-refractivity contribution in [3.63, 3.8) is 0 Å². The van der Waals surface area contributed by atoms with E-state index >= 15 is 0 Å². The van der Waals surface area contributed by atoms with Gasteiger partial charge in [0.25, 0.3) is 0 Å². The highest BCUT2D eigenvalue weighted by atomic mass is 15.2. The third-order valence-corrected chi connectivity index (χ3v) is 4.86. The minimum absolute atomic E-state index is 0.121. The van der Waals surface area contributed by atoms with Crippen molar-refractivity contribution in [2.45, 2.75) is 57.0 Å². The van der Waals surface area contributed by atoms with Gasteiger partial charge in [-0.15, -0.1) is 0 Å². The predicted octanol–water partition coefficient (Wildman–Crippen LogP) is 3.75. The van der Waals surface area contributed by atoms with Gasteiger partial charge in [-0.1, -0.05) is 25.5 Å². The second-order valence-electron chi connectivity index (χ2n) is 6.39. The molecule has 2 aromatic rings. The standard InChI is InChI=1S/C17H23N3/c1-2-10-17(11-5-12-18-17)16-19-14-6-3-4-7-15(14)20(16)13-8-9-13/h3-4,6-7,13,18H,2,5,8-12H2,1H3. The molecule has 0 bridgehead atoms. The zero-order valence-corrected chi connectivity index (χ0v) is 12.2. The molecule has 0 spiro atoms. The van der Waals surface area contributed by atoms with Crippen LogP contribution < -0.4 is 5.32 Å². The zero-order chi connectivity index (χ0) is 13.6. The van der Waals surface area contributed by atoms with Crippen molar-refractivity contribution in [3.05, 3.63) is 30.1 Å². The Bertz CT molecular complexity index is 618. The minimum Gasteiger partial charge on any atom is -0.323 e. The number of benzene rings is 1. The quantitative estimate of drug-likeness (QED) is 0.916. The molecule has 1 atom stereocenters. The number of para-hydroxylation sites is 2. The van der Waals surface area contributed by atoms with Crippen LogP contribution in [0.4, 0.5) is 0 Å². The summed E-state index contributed by atoms with van der Waals surface area (Å²) in [5, 5.41) is 3.79. The molecular formula is C17H23N3. The first kappa shape index (κ1) is 12.4. The SMILES string of the molecule is CCCC1(c2nc3ccccc3n2C2CC2)CCCN1. The maximum Gasteiger partial charge on any atom is 0.130 e. The molecule has 3 nitrogen and oxygen atoms in total. The Kier molecular flexibility index (Phi) is 2.84. The van der Waals surface area contributed by atoms with Crippen molar-refractivity contribution in [2.75, 3.05) is 6.54 Å². The molecule has 1 N–H and O–H groups in total. The van der Waals surface area contributed by atoms with Gasteiger partial charge < -0.3 is 9.88 Å². The lowest BCUT2D eigenvalue weighted by molar-refractivity contribution is 0.322. The van der Waals surface area contributed by atoms with E-state index in [0.29, 0.717) is 6.04 Å². The molecule has 1 saturated heterocycles. The maximum absolute atomic E-state index is 5.05. The molecule has 0 radical (unpaired) electrons. The fraction of sp³-hybridized carbons (Fsp3) is 0.588. The van der Waals surface area contributed by atoms with Gasteiger partial charge in [-0.25, -0.2) is 4.98 Å². The lowest BCUT2D eigenvalue weighted by Gasteiger charge is -2.29. The largest absolute Gasteiger partial charge is 0.323 e. The summed E-state index contributed by atoms with van der Waals surface area (Å²) in [7, 11) is 0. The van der Waals surface area contributed by atoms with Gasteiger partial charge in [0.1, 0.15) is 5.82 Å². The van der Waals surface area contributed by atoms with Crippen molar-refractivity contribution in [1.29, 1.82) is 0 Å². The van der Waals surface area contributed by atoms with Gasteiger partial charge in [0.2, 0.25) is 0 Å². The van der Waals surface area contributed by atoms with E-state index in [9.17, 15) is 0 Å². The molecule has 3 heteroatoms. The summed E-state index contributed by atoms with van der Waals surface area (Å²) in [6.07, 6.45) is 7.54. The fourth-order valence-electron chi connectivity index (χ4n) is 3.83. The summed E-state index contributed by atoms with van der Waals surface area (Å²) in [6, 6.07) is 9.32. The highest BCUT2D eigenvalue weighted by Gasteiger charge is 2.41. The molecule has 20 heavy (non-hydrogen) atoms. The second-order valence-corrected chi connectivity index (χ2v) is 6.39. The first-order valence-electron chi connectivity index (χ1n) is 8.06. The van der Waals surface area contributed by atoms with Crippen molar-refractivity contribution >= 4 is 11.0 Å². The van der Waals surface area contributed by atoms with Crippen LogP contribution in [-0.4, -0.2) is 16.1 Å². The number of fused-ring (bicyclic) bond motifs is 1. The molecular weight excluding hydrogens is 246 g/mol. The Hall–Kier alpha value is -1.35. The Labute approximate surface area is 120 Å². The summed E-state index contributed by atoms with van der Waals surface area (Å²) in [4.78, 5) is 5.05. The summed E-state index contributed by atoms with van der Waals surface area (Å²) >= 11 is 0. The number of hydrogen-bond acceptors (Lipinski definition) is 2. The Morgan fingerprint density at radius 1 is 1.35 bits per heavy atom. The van der Waals surface area contributed by atoms with Crippen LogP contribution in [0.25, 0.3) is 11.0 Å².